The fraction of sp³-hybridized carbons (Fsp3) is 0. The van der Waals surface area contributed by atoms with Crippen LogP contribution in [0, 0.1) is 24.3 Å². The summed E-state index contributed by atoms with van der Waals surface area (Å²) >= 11 is 3.74. The molecule has 0 radical (unpaired) electrons. The summed E-state index contributed by atoms with van der Waals surface area (Å²) < 4.78 is 13.9. The molecule has 0 bridgehead atoms. The molecule has 1 rings (SSSR count). The van der Waals surface area contributed by atoms with Gasteiger partial charge in [0, 0.05) is 0 Å². The molecule has 0 N–H and O–H groups in total. The largest absolute Gasteiger partial charge is 0.205 e. The second-order valence-electron chi connectivity index (χ2n) is 1.87. The quantitative estimate of drug-likeness (QED) is 0.507. The maximum absolute atomic E-state index is 12.9. The van der Waals surface area contributed by atoms with E-state index >= 15 is 0 Å². The lowest BCUT2D eigenvalue weighted by Crippen LogP contribution is -1.88. The lowest BCUT2D eigenvalue weighted by Gasteiger charge is -1.97. The topological polar surface area (TPSA) is 23.8 Å². The van der Waals surface area contributed by atoms with Gasteiger partial charge in [-0.1, -0.05) is 0 Å². The highest BCUT2D eigenvalue weighted by atomic mass is 127. The van der Waals surface area contributed by atoms with E-state index in [9.17, 15) is 4.39 Å². The van der Waals surface area contributed by atoms with Crippen molar-refractivity contribution < 1.29 is 4.39 Å². The molecule has 0 saturated heterocycles. The molecule has 1 aromatic rings. The number of hydrogen-bond donors (Lipinski definition) is 0. The van der Waals surface area contributed by atoms with Gasteiger partial charge in [0.1, 0.15) is 5.82 Å². The highest BCUT2D eigenvalue weighted by Gasteiger charge is 2.05. The molecule has 0 spiro atoms. The van der Waals surface area contributed by atoms with Crippen LogP contribution in [0.1, 0.15) is 5.56 Å². The van der Waals surface area contributed by atoms with Crippen molar-refractivity contribution in [2.75, 3.05) is 0 Å². The van der Waals surface area contributed by atoms with Crippen molar-refractivity contribution >= 4 is 45.2 Å². The Morgan fingerprint density at radius 2 is 1.73 bits per heavy atom. The summed E-state index contributed by atoms with van der Waals surface area (Å²) in [6.45, 7) is 0. The van der Waals surface area contributed by atoms with Crippen LogP contribution in [-0.2, 0) is 0 Å². The van der Waals surface area contributed by atoms with Crippen LogP contribution < -0.4 is 0 Å². The maximum Gasteiger partial charge on any atom is 0.149 e. The smallest absolute Gasteiger partial charge is 0.149 e. The van der Waals surface area contributed by atoms with Crippen LogP contribution in [0.4, 0.5) is 4.39 Å². The van der Waals surface area contributed by atoms with Gasteiger partial charge < -0.3 is 0 Å². The van der Waals surface area contributed by atoms with Gasteiger partial charge in [0.25, 0.3) is 0 Å². The van der Waals surface area contributed by atoms with Crippen molar-refractivity contribution in [3.63, 3.8) is 0 Å². The monoisotopic (exact) mass is 373 g/mol. The zero-order valence-electron chi connectivity index (χ0n) is 5.24. The van der Waals surface area contributed by atoms with Gasteiger partial charge in [0.05, 0.1) is 18.8 Å². The molecule has 0 aliphatic carbocycles. The Bertz CT molecular complexity index is 307. The third kappa shape index (κ3) is 2.02. The fourth-order valence-corrected chi connectivity index (χ4v) is 2.39. The van der Waals surface area contributed by atoms with Gasteiger partial charge in [0.2, 0.25) is 0 Å². The van der Waals surface area contributed by atoms with Crippen molar-refractivity contribution in [1.82, 2.24) is 0 Å². The molecule has 1 aromatic carbocycles. The predicted molar refractivity (Wildman–Crippen MR) is 56.5 cm³/mol. The zero-order chi connectivity index (χ0) is 8.43. The maximum atomic E-state index is 12.9. The van der Waals surface area contributed by atoms with E-state index in [1.54, 1.807) is 0 Å². The molecule has 0 amide bonds. The molecule has 0 heterocycles. The van der Waals surface area contributed by atoms with Gasteiger partial charge in [-0.25, -0.2) is 4.39 Å². The molecule has 0 atom stereocenters. The Kier molecular flexibility index (Phi) is 3.06. The molecule has 4 heteroatoms. The van der Waals surface area contributed by atoms with Gasteiger partial charge in [-0.05, 0) is 57.3 Å². The second-order valence-corrected chi connectivity index (χ2v) is 4.19. The van der Waals surface area contributed by atoms with Crippen LogP contribution in [0.15, 0.2) is 12.1 Å². The summed E-state index contributed by atoms with van der Waals surface area (Å²) in [7, 11) is 0. The van der Waals surface area contributed by atoms with E-state index in [-0.39, 0.29) is 5.82 Å². The van der Waals surface area contributed by atoms with Crippen molar-refractivity contribution in [3.05, 3.63) is 30.7 Å². The average molecular weight is 373 g/mol. The number of nitrogens with zero attached hydrogens (tertiary/aromatic N) is 1. The Hall–Kier alpha value is 0.100. The van der Waals surface area contributed by atoms with Crippen LogP contribution in [0.25, 0.3) is 0 Å². The Morgan fingerprint density at radius 1 is 1.27 bits per heavy atom. The van der Waals surface area contributed by atoms with Gasteiger partial charge in [-0.2, -0.15) is 5.26 Å². The molecule has 11 heavy (non-hydrogen) atoms. The number of hydrogen-bond acceptors (Lipinski definition) is 1. The van der Waals surface area contributed by atoms with E-state index in [1.807, 2.05) is 51.3 Å². The molecule has 0 aliphatic rings. The molecular weight excluding hydrogens is 371 g/mol. The number of benzene rings is 1. The first kappa shape index (κ1) is 9.19. The molecule has 0 fully saturated rings. The van der Waals surface area contributed by atoms with E-state index in [4.69, 9.17) is 5.26 Å². The van der Waals surface area contributed by atoms with Gasteiger partial charge in [0.15, 0.2) is 0 Å². The van der Waals surface area contributed by atoms with E-state index in [2.05, 4.69) is 0 Å². The summed E-state index contributed by atoms with van der Waals surface area (Å²) in [5.74, 6) is -0.245. The molecule has 56 valence electrons. The van der Waals surface area contributed by atoms with Gasteiger partial charge in [-0.15, -0.1) is 0 Å². The number of halogens is 3. The van der Waals surface area contributed by atoms with Crippen LogP contribution in [0.2, 0.25) is 0 Å². The van der Waals surface area contributed by atoms with Crippen LogP contribution in [-0.4, -0.2) is 0 Å². The Morgan fingerprint density at radius 3 is 2.09 bits per heavy atom. The molecule has 0 aromatic heterocycles. The van der Waals surface area contributed by atoms with E-state index < -0.39 is 0 Å². The number of rotatable bonds is 0. The second kappa shape index (κ2) is 3.67. The minimum atomic E-state index is -0.245. The van der Waals surface area contributed by atoms with E-state index in [0.717, 1.165) is 0 Å². The first-order valence-electron chi connectivity index (χ1n) is 2.70. The average Bonchev–Trinajstić information content (AvgIpc) is 1.99. The summed E-state index contributed by atoms with van der Waals surface area (Å²) in [5.41, 5.74) is 0.500. The summed E-state index contributed by atoms with van der Waals surface area (Å²) in [6, 6.07) is 5.01. The third-order valence-corrected chi connectivity index (χ3v) is 2.68. The highest BCUT2D eigenvalue weighted by Crippen LogP contribution is 2.18. The van der Waals surface area contributed by atoms with Crippen molar-refractivity contribution in [2.45, 2.75) is 0 Å². The normalized spacial score (nSPS) is 9.27. The summed E-state index contributed by atoms with van der Waals surface area (Å²) in [6.07, 6.45) is 0. The fourth-order valence-electron chi connectivity index (χ4n) is 0.620. The highest BCUT2D eigenvalue weighted by molar-refractivity contribution is 14.1. The molecule has 0 aliphatic heterocycles. The zero-order valence-corrected chi connectivity index (χ0v) is 9.55. The third-order valence-electron chi connectivity index (χ3n) is 1.11. The molecule has 1 nitrogen and oxygen atoms in total. The summed E-state index contributed by atoms with van der Waals surface area (Å²) in [4.78, 5) is 0. The van der Waals surface area contributed by atoms with Crippen molar-refractivity contribution in [3.8, 4) is 6.07 Å². The first-order chi connectivity index (χ1) is 5.15. The van der Waals surface area contributed by atoms with E-state index in [0.29, 0.717) is 12.7 Å². The lowest BCUT2D eigenvalue weighted by molar-refractivity contribution is 0.612. The minimum Gasteiger partial charge on any atom is -0.205 e. The van der Waals surface area contributed by atoms with Crippen molar-refractivity contribution in [2.24, 2.45) is 0 Å². The minimum absolute atomic E-state index is 0.245. The van der Waals surface area contributed by atoms with Gasteiger partial charge >= 0.3 is 0 Å². The Balaban J connectivity index is 3.35. The predicted octanol–water partition coefficient (Wildman–Crippen LogP) is 2.91. The van der Waals surface area contributed by atoms with Crippen LogP contribution in [0.5, 0.6) is 0 Å². The summed E-state index contributed by atoms with van der Waals surface area (Å²) in [5, 5.41) is 8.50. The number of nitriles is 1. The van der Waals surface area contributed by atoms with E-state index in [1.165, 1.54) is 12.1 Å². The molecular formula is C7H2FI2N. The molecule has 0 unspecified atom stereocenters. The van der Waals surface area contributed by atoms with Crippen LogP contribution in [0.3, 0.4) is 0 Å². The van der Waals surface area contributed by atoms with Crippen LogP contribution >= 0.6 is 45.2 Å². The Labute approximate surface area is 90.9 Å². The lowest BCUT2D eigenvalue weighted by atomic mass is 10.2. The molecule has 0 saturated carbocycles. The standard InChI is InChI=1S/C7H2FI2N/c8-7-5(9)1-4(3-11)2-6(7)10/h1-2H. The SMILES string of the molecule is N#Cc1cc(I)c(F)c(I)c1. The van der Waals surface area contributed by atoms with Crippen molar-refractivity contribution in [1.29, 1.82) is 5.26 Å². The first-order valence-corrected chi connectivity index (χ1v) is 4.85. The van der Waals surface area contributed by atoms with Gasteiger partial charge in [-0.3, -0.25) is 0 Å².